The summed E-state index contributed by atoms with van der Waals surface area (Å²) in [6, 6.07) is 0.873. The minimum absolute atomic E-state index is 0.773. The van der Waals surface area contributed by atoms with Crippen LogP contribution < -0.4 is 0 Å². The maximum absolute atomic E-state index is 2.57. The zero-order valence-electron chi connectivity index (χ0n) is 17.0. The molecule has 0 aromatic carbocycles. The van der Waals surface area contributed by atoms with Crippen molar-refractivity contribution in [2.24, 2.45) is 22.7 Å². The third-order valence-corrected chi connectivity index (χ3v) is 7.05. The van der Waals surface area contributed by atoms with Crippen molar-refractivity contribution < 1.29 is 0 Å². The van der Waals surface area contributed by atoms with Crippen LogP contribution in [0.2, 0.25) is 0 Å². The van der Waals surface area contributed by atoms with Crippen molar-refractivity contribution in [2.45, 2.75) is 79.2 Å². The van der Waals surface area contributed by atoms with Crippen molar-refractivity contribution in [1.29, 1.82) is 0 Å². The van der Waals surface area contributed by atoms with Crippen LogP contribution in [0, 0.1) is 22.7 Å². The molecule has 2 nitrogen and oxygen atoms in total. The van der Waals surface area contributed by atoms with E-state index in [2.05, 4.69) is 44.7 Å². The highest BCUT2D eigenvalue weighted by Crippen LogP contribution is 2.55. The Balaban J connectivity index is 0.000000152. The molecule has 2 saturated heterocycles. The van der Waals surface area contributed by atoms with Gasteiger partial charge in [-0.05, 0) is 62.4 Å². The SMILES string of the molecule is CC.CC(C)C1CC2(CC2)CN1C.CC1CCCC12CN(C)C2. The van der Waals surface area contributed by atoms with Gasteiger partial charge in [-0.15, -0.1) is 0 Å². The molecular weight excluding hydrogens is 280 g/mol. The van der Waals surface area contributed by atoms with Crippen LogP contribution in [0.3, 0.4) is 0 Å². The minimum atomic E-state index is 0.773. The number of nitrogens with zero attached hydrogens (tertiary/aromatic N) is 2. The first-order valence-electron chi connectivity index (χ1n) is 10.2. The summed E-state index contributed by atoms with van der Waals surface area (Å²) in [6.07, 6.45) is 8.93. The quantitative estimate of drug-likeness (QED) is 0.678. The van der Waals surface area contributed by atoms with Gasteiger partial charge < -0.3 is 9.80 Å². The van der Waals surface area contributed by atoms with Gasteiger partial charge in [0.05, 0.1) is 0 Å². The van der Waals surface area contributed by atoms with Crippen LogP contribution >= 0.6 is 0 Å². The lowest BCUT2D eigenvalue weighted by atomic mass is 9.72. The van der Waals surface area contributed by atoms with Crippen LogP contribution in [0.1, 0.15) is 73.1 Å². The molecule has 0 aromatic heterocycles. The molecule has 0 N–H and O–H groups in total. The van der Waals surface area contributed by atoms with E-state index in [4.69, 9.17) is 0 Å². The zero-order valence-corrected chi connectivity index (χ0v) is 17.0. The molecule has 4 rings (SSSR count). The number of hydrogen-bond donors (Lipinski definition) is 0. The molecule has 0 radical (unpaired) electrons. The van der Waals surface area contributed by atoms with Gasteiger partial charge >= 0.3 is 0 Å². The van der Waals surface area contributed by atoms with Crippen LogP contribution in [0.5, 0.6) is 0 Å². The van der Waals surface area contributed by atoms with Crippen LogP contribution in [0.15, 0.2) is 0 Å². The summed E-state index contributed by atoms with van der Waals surface area (Å²) in [4.78, 5) is 5.01. The Morgan fingerprint density at radius 2 is 1.57 bits per heavy atom. The number of rotatable bonds is 1. The van der Waals surface area contributed by atoms with Crippen LogP contribution in [-0.4, -0.2) is 49.6 Å². The second-order valence-electron chi connectivity index (χ2n) is 9.26. The average Bonchev–Trinajstić information content (AvgIpc) is 3.00. The molecule has 0 bridgehead atoms. The van der Waals surface area contributed by atoms with Gasteiger partial charge in [-0.1, -0.05) is 47.5 Å². The molecule has 0 aromatic rings. The predicted octanol–water partition coefficient (Wildman–Crippen LogP) is 4.89. The summed E-state index contributed by atoms with van der Waals surface area (Å²) in [5.41, 5.74) is 1.57. The Morgan fingerprint density at radius 3 is 1.87 bits per heavy atom. The minimum Gasteiger partial charge on any atom is -0.305 e. The topological polar surface area (TPSA) is 6.48 Å². The van der Waals surface area contributed by atoms with E-state index < -0.39 is 0 Å². The molecule has 4 fully saturated rings. The van der Waals surface area contributed by atoms with Gasteiger partial charge in [0.1, 0.15) is 0 Å². The zero-order chi connectivity index (χ0) is 17.3. The lowest BCUT2D eigenvalue weighted by molar-refractivity contribution is -0.00516. The monoisotopic (exact) mass is 322 g/mol. The molecule has 2 heterocycles. The number of likely N-dealkylation sites (tertiary alicyclic amines) is 2. The normalized spacial score (nSPS) is 33.9. The summed E-state index contributed by atoms with van der Waals surface area (Å²) in [7, 11) is 4.52. The van der Waals surface area contributed by atoms with Crippen molar-refractivity contribution in [1.82, 2.24) is 9.80 Å². The van der Waals surface area contributed by atoms with Crippen molar-refractivity contribution >= 4 is 0 Å². The Labute approximate surface area is 146 Å². The van der Waals surface area contributed by atoms with Crippen molar-refractivity contribution in [3.63, 3.8) is 0 Å². The van der Waals surface area contributed by atoms with Crippen LogP contribution in [0.4, 0.5) is 0 Å². The fraction of sp³-hybridized carbons (Fsp3) is 1.00. The Hall–Kier alpha value is -0.0800. The van der Waals surface area contributed by atoms with Crippen molar-refractivity contribution in [2.75, 3.05) is 33.7 Å². The molecule has 23 heavy (non-hydrogen) atoms. The molecule has 4 aliphatic rings. The molecule has 0 amide bonds. The molecule has 2 aliphatic carbocycles. The highest BCUT2D eigenvalue weighted by atomic mass is 15.2. The van der Waals surface area contributed by atoms with E-state index in [0.29, 0.717) is 0 Å². The third-order valence-electron chi connectivity index (χ3n) is 7.05. The maximum Gasteiger partial charge on any atom is 0.0121 e. The van der Waals surface area contributed by atoms with E-state index in [1.165, 1.54) is 58.2 Å². The highest BCUT2D eigenvalue weighted by molar-refractivity contribution is 5.04. The third kappa shape index (κ3) is 4.12. The molecule has 2 aliphatic heterocycles. The van der Waals surface area contributed by atoms with E-state index in [-0.39, 0.29) is 0 Å². The van der Waals surface area contributed by atoms with Gasteiger partial charge in [-0.2, -0.15) is 0 Å². The van der Waals surface area contributed by atoms with Crippen LogP contribution in [-0.2, 0) is 0 Å². The summed E-state index contributed by atoms with van der Waals surface area (Å²) in [5.74, 6) is 1.85. The first-order chi connectivity index (χ1) is 10.9. The summed E-state index contributed by atoms with van der Waals surface area (Å²) >= 11 is 0. The van der Waals surface area contributed by atoms with Gasteiger partial charge in [0.2, 0.25) is 0 Å². The van der Waals surface area contributed by atoms with Gasteiger partial charge in [0, 0.05) is 25.7 Å². The van der Waals surface area contributed by atoms with Gasteiger partial charge in [0.25, 0.3) is 0 Å². The first kappa shape index (κ1) is 19.2. The fourth-order valence-corrected chi connectivity index (χ4v) is 5.41. The second-order valence-corrected chi connectivity index (χ2v) is 9.26. The van der Waals surface area contributed by atoms with E-state index in [0.717, 1.165) is 28.7 Å². The largest absolute Gasteiger partial charge is 0.305 e. The molecule has 2 atom stereocenters. The molecule has 136 valence electrons. The van der Waals surface area contributed by atoms with Gasteiger partial charge in [0.15, 0.2) is 0 Å². The Kier molecular flexibility index (Phi) is 6.22. The maximum atomic E-state index is 2.57. The van der Waals surface area contributed by atoms with Crippen LogP contribution in [0.25, 0.3) is 0 Å². The van der Waals surface area contributed by atoms with Crippen molar-refractivity contribution in [3.05, 3.63) is 0 Å². The second kappa shape index (κ2) is 7.44. The molecule has 2 heteroatoms. The smallest absolute Gasteiger partial charge is 0.0121 e. The Bertz CT molecular complexity index is 366. The van der Waals surface area contributed by atoms with Gasteiger partial charge in [-0.25, -0.2) is 0 Å². The summed E-state index contributed by atoms with van der Waals surface area (Å²) < 4.78 is 0. The molecule has 2 saturated carbocycles. The molecular formula is C21H42N2. The van der Waals surface area contributed by atoms with E-state index in [1.807, 2.05) is 13.8 Å². The molecule has 2 spiro atoms. The van der Waals surface area contributed by atoms with E-state index in [1.54, 1.807) is 0 Å². The first-order valence-corrected chi connectivity index (χ1v) is 10.2. The highest BCUT2D eigenvalue weighted by Gasteiger charge is 2.51. The predicted molar refractivity (Wildman–Crippen MR) is 102 cm³/mol. The van der Waals surface area contributed by atoms with E-state index >= 15 is 0 Å². The number of hydrogen-bond acceptors (Lipinski definition) is 2. The molecule has 2 unspecified atom stereocenters. The van der Waals surface area contributed by atoms with Crippen molar-refractivity contribution in [3.8, 4) is 0 Å². The fourth-order valence-electron chi connectivity index (χ4n) is 5.41. The standard InChI is InChI=1S/C10H19N.C9H17N.C2H6/c1-8(2)9-6-10(4-5-10)7-11(9)3;1-8-4-3-5-9(8)6-10(2)7-9;1-2/h8-9H,4-7H2,1-3H3;8H,3-7H2,1-2H3;1-2H3. The van der Waals surface area contributed by atoms with E-state index in [9.17, 15) is 0 Å². The summed E-state index contributed by atoms with van der Waals surface area (Å²) in [6.45, 7) is 15.2. The van der Waals surface area contributed by atoms with Gasteiger partial charge in [-0.3, -0.25) is 0 Å². The average molecular weight is 323 g/mol. The lowest BCUT2D eigenvalue weighted by Gasteiger charge is -2.49. The lowest BCUT2D eigenvalue weighted by Crippen LogP contribution is -2.55. The Morgan fingerprint density at radius 1 is 0.957 bits per heavy atom. The summed E-state index contributed by atoms with van der Waals surface area (Å²) in [5, 5.41) is 0.